The lowest BCUT2D eigenvalue weighted by Gasteiger charge is -2.21. The number of ether oxygens (including phenoxy) is 1. The Bertz CT molecular complexity index is 353. The molecule has 0 saturated carbocycles. The van der Waals surface area contributed by atoms with Crippen LogP contribution < -0.4 is 10.6 Å². The van der Waals surface area contributed by atoms with Crippen molar-refractivity contribution in [1.82, 2.24) is 0 Å². The zero-order valence-corrected chi connectivity index (χ0v) is 9.77. The molecule has 1 amide bonds. The Labute approximate surface area is 96.0 Å². The van der Waals surface area contributed by atoms with Crippen molar-refractivity contribution in [2.24, 2.45) is 0 Å². The minimum absolute atomic E-state index is 0.0509. The highest BCUT2D eigenvalue weighted by molar-refractivity contribution is 5.93. The SMILES string of the molecule is CCN(C(=O)CCOC)c1cccc(N)c1. The Morgan fingerprint density at radius 1 is 1.50 bits per heavy atom. The molecule has 0 aliphatic rings. The third-order valence-corrected chi connectivity index (χ3v) is 2.32. The van der Waals surface area contributed by atoms with Crippen molar-refractivity contribution in [2.75, 3.05) is 30.9 Å². The Kier molecular flexibility index (Phi) is 4.79. The fourth-order valence-electron chi connectivity index (χ4n) is 1.52. The number of hydrogen-bond donors (Lipinski definition) is 1. The van der Waals surface area contributed by atoms with Gasteiger partial charge in [0.15, 0.2) is 0 Å². The molecular formula is C12H18N2O2. The Morgan fingerprint density at radius 3 is 2.81 bits per heavy atom. The minimum atomic E-state index is 0.0509. The van der Waals surface area contributed by atoms with Gasteiger partial charge in [0.25, 0.3) is 0 Å². The van der Waals surface area contributed by atoms with E-state index in [-0.39, 0.29) is 5.91 Å². The monoisotopic (exact) mass is 222 g/mol. The molecule has 0 bridgehead atoms. The van der Waals surface area contributed by atoms with Crippen LogP contribution in [0.1, 0.15) is 13.3 Å². The molecule has 2 N–H and O–H groups in total. The lowest BCUT2D eigenvalue weighted by molar-refractivity contribution is -0.119. The quantitative estimate of drug-likeness (QED) is 0.771. The Hall–Kier alpha value is -1.55. The standard InChI is InChI=1S/C12H18N2O2/c1-3-14(12(15)7-8-16-2)11-6-4-5-10(13)9-11/h4-6,9H,3,7-8,13H2,1-2H3. The highest BCUT2D eigenvalue weighted by Gasteiger charge is 2.13. The van der Waals surface area contributed by atoms with E-state index in [2.05, 4.69) is 0 Å². The van der Waals surface area contributed by atoms with Gasteiger partial charge in [0.2, 0.25) is 5.91 Å². The van der Waals surface area contributed by atoms with Crippen LogP contribution in [0.25, 0.3) is 0 Å². The number of rotatable bonds is 5. The number of methoxy groups -OCH3 is 1. The van der Waals surface area contributed by atoms with E-state index >= 15 is 0 Å². The van der Waals surface area contributed by atoms with Crippen molar-refractivity contribution in [2.45, 2.75) is 13.3 Å². The fraction of sp³-hybridized carbons (Fsp3) is 0.417. The summed E-state index contributed by atoms with van der Waals surface area (Å²) in [4.78, 5) is 13.6. The molecular weight excluding hydrogens is 204 g/mol. The van der Waals surface area contributed by atoms with Crippen LogP contribution in [0, 0.1) is 0 Å². The summed E-state index contributed by atoms with van der Waals surface area (Å²) in [6.45, 7) is 3.01. The number of nitrogen functional groups attached to an aromatic ring is 1. The van der Waals surface area contributed by atoms with E-state index in [1.54, 1.807) is 24.1 Å². The van der Waals surface area contributed by atoms with E-state index in [0.717, 1.165) is 5.69 Å². The molecule has 0 aliphatic carbocycles. The lowest BCUT2D eigenvalue weighted by atomic mass is 10.2. The third-order valence-electron chi connectivity index (χ3n) is 2.32. The van der Waals surface area contributed by atoms with Gasteiger partial charge in [-0.2, -0.15) is 0 Å². The fourth-order valence-corrected chi connectivity index (χ4v) is 1.52. The third kappa shape index (κ3) is 3.24. The van der Waals surface area contributed by atoms with E-state index in [4.69, 9.17) is 10.5 Å². The van der Waals surface area contributed by atoms with Gasteiger partial charge in [-0.3, -0.25) is 4.79 Å². The highest BCUT2D eigenvalue weighted by atomic mass is 16.5. The molecule has 4 nitrogen and oxygen atoms in total. The Balaban J connectivity index is 2.77. The molecule has 0 spiro atoms. The summed E-state index contributed by atoms with van der Waals surface area (Å²) in [6, 6.07) is 7.33. The van der Waals surface area contributed by atoms with Gasteiger partial charge < -0.3 is 15.4 Å². The summed E-state index contributed by atoms with van der Waals surface area (Å²) >= 11 is 0. The van der Waals surface area contributed by atoms with Crippen molar-refractivity contribution in [3.63, 3.8) is 0 Å². The van der Waals surface area contributed by atoms with Gasteiger partial charge in [-0.1, -0.05) is 6.07 Å². The molecule has 1 rings (SSSR count). The summed E-state index contributed by atoms with van der Waals surface area (Å²) in [5.41, 5.74) is 7.19. The molecule has 0 aromatic heterocycles. The number of benzene rings is 1. The van der Waals surface area contributed by atoms with Crippen molar-refractivity contribution >= 4 is 17.3 Å². The molecule has 1 aromatic rings. The van der Waals surface area contributed by atoms with Gasteiger partial charge in [0.1, 0.15) is 0 Å². The second kappa shape index (κ2) is 6.12. The van der Waals surface area contributed by atoms with E-state index in [1.165, 1.54) is 0 Å². The molecule has 0 saturated heterocycles. The van der Waals surface area contributed by atoms with Gasteiger partial charge in [-0.05, 0) is 25.1 Å². The number of hydrogen-bond acceptors (Lipinski definition) is 3. The van der Waals surface area contributed by atoms with Crippen LogP contribution in [-0.2, 0) is 9.53 Å². The summed E-state index contributed by atoms with van der Waals surface area (Å²) in [5, 5.41) is 0. The normalized spacial score (nSPS) is 10.1. The zero-order valence-electron chi connectivity index (χ0n) is 9.77. The summed E-state index contributed by atoms with van der Waals surface area (Å²) < 4.78 is 4.89. The zero-order chi connectivity index (χ0) is 12.0. The number of anilines is 2. The lowest BCUT2D eigenvalue weighted by Crippen LogP contribution is -2.31. The summed E-state index contributed by atoms with van der Waals surface area (Å²) in [7, 11) is 1.59. The van der Waals surface area contributed by atoms with Crippen LogP contribution in [-0.4, -0.2) is 26.2 Å². The van der Waals surface area contributed by atoms with Crippen LogP contribution in [0.5, 0.6) is 0 Å². The predicted molar refractivity (Wildman–Crippen MR) is 65.4 cm³/mol. The number of carbonyl (C=O) groups excluding carboxylic acids is 1. The van der Waals surface area contributed by atoms with E-state index in [1.807, 2.05) is 19.1 Å². The van der Waals surface area contributed by atoms with Crippen molar-refractivity contribution in [1.29, 1.82) is 0 Å². The molecule has 88 valence electrons. The first-order valence-electron chi connectivity index (χ1n) is 5.34. The van der Waals surface area contributed by atoms with Crippen LogP contribution >= 0.6 is 0 Å². The first kappa shape index (κ1) is 12.5. The first-order chi connectivity index (χ1) is 7.69. The molecule has 0 aliphatic heterocycles. The number of carbonyl (C=O) groups is 1. The molecule has 1 aromatic carbocycles. The Morgan fingerprint density at radius 2 is 2.25 bits per heavy atom. The second-order valence-corrected chi connectivity index (χ2v) is 3.48. The molecule has 16 heavy (non-hydrogen) atoms. The van der Waals surface area contributed by atoms with Gasteiger partial charge in [-0.25, -0.2) is 0 Å². The van der Waals surface area contributed by atoms with Gasteiger partial charge in [0, 0.05) is 25.0 Å². The van der Waals surface area contributed by atoms with Crippen LogP contribution in [0.15, 0.2) is 24.3 Å². The smallest absolute Gasteiger partial charge is 0.229 e. The highest BCUT2D eigenvalue weighted by Crippen LogP contribution is 2.18. The van der Waals surface area contributed by atoms with E-state index in [0.29, 0.717) is 25.3 Å². The van der Waals surface area contributed by atoms with Crippen LogP contribution in [0.3, 0.4) is 0 Å². The van der Waals surface area contributed by atoms with Crippen LogP contribution in [0.2, 0.25) is 0 Å². The van der Waals surface area contributed by atoms with Crippen LogP contribution in [0.4, 0.5) is 11.4 Å². The maximum atomic E-state index is 11.9. The summed E-state index contributed by atoms with van der Waals surface area (Å²) in [6.07, 6.45) is 0.388. The first-order valence-corrected chi connectivity index (χ1v) is 5.34. The number of nitrogens with two attached hydrogens (primary N) is 1. The number of amides is 1. The second-order valence-electron chi connectivity index (χ2n) is 3.48. The average molecular weight is 222 g/mol. The molecule has 0 atom stereocenters. The molecule has 0 fully saturated rings. The molecule has 0 heterocycles. The predicted octanol–water partition coefficient (Wildman–Crippen LogP) is 1.66. The van der Waals surface area contributed by atoms with E-state index in [9.17, 15) is 4.79 Å². The topological polar surface area (TPSA) is 55.6 Å². The molecule has 4 heteroatoms. The van der Waals surface area contributed by atoms with E-state index < -0.39 is 0 Å². The maximum Gasteiger partial charge on any atom is 0.229 e. The number of nitrogens with zero attached hydrogens (tertiary/aromatic N) is 1. The average Bonchev–Trinajstić information content (AvgIpc) is 2.27. The maximum absolute atomic E-state index is 11.9. The molecule has 0 unspecified atom stereocenters. The van der Waals surface area contributed by atoms with Gasteiger partial charge in [-0.15, -0.1) is 0 Å². The van der Waals surface area contributed by atoms with Crippen molar-refractivity contribution in [3.05, 3.63) is 24.3 Å². The van der Waals surface area contributed by atoms with Gasteiger partial charge >= 0.3 is 0 Å². The van der Waals surface area contributed by atoms with Crippen molar-refractivity contribution < 1.29 is 9.53 Å². The van der Waals surface area contributed by atoms with Gasteiger partial charge in [0.05, 0.1) is 13.0 Å². The minimum Gasteiger partial charge on any atom is -0.399 e. The summed E-state index contributed by atoms with van der Waals surface area (Å²) in [5.74, 6) is 0.0509. The largest absolute Gasteiger partial charge is 0.399 e. The molecule has 0 radical (unpaired) electrons. The van der Waals surface area contributed by atoms with Crippen molar-refractivity contribution in [3.8, 4) is 0 Å².